The molecule has 2 aromatic carbocycles. The molecule has 0 atom stereocenters. The summed E-state index contributed by atoms with van der Waals surface area (Å²) in [7, 11) is 1.74. The van der Waals surface area contributed by atoms with Gasteiger partial charge in [0.2, 0.25) is 0 Å². The topological polar surface area (TPSA) is 63.0 Å². The van der Waals surface area contributed by atoms with Gasteiger partial charge in [0.15, 0.2) is 6.54 Å². The SMILES string of the molecule is COc1ccc(C)cc1C[NH+]1CC[NH+](CC(=O)NCCc2c[nH]c3ccccc23)CC1. The first-order valence-corrected chi connectivity index (χ1v) is 11.2. The highest BCUT2D eigenvalue weighted by molar-refractivity contribution is 5.83. The predicted molar refractivity (Wildman–Crippen MR) is 123 cm³/mol. The highest BCUT2D eigenvalue weighted by atomic mass is 16.5. The quantitative estimate of drug-likeness (QED) is 0.417. The number of benzene rings is 2. The molecule has 0 unspecified atom stereocenters. The zero-order valence-corrected chi connectivity index (χ0v) is 18.6. The Hall–Kier alpha value is -2.83. The number of piperazine rings is 1. The monoisotopic (exact) mass is 422 g/mol. The van der Waals surface area contributed by atoms with Crippen molar-refractivity contribution in [3.8, 4) is 5.75 Å². The maximum atomic E-state index is 12.4. The lowest BCUT2D eigenvalue weighted by atomic mass is 10.1. The highest BCUT2D eigenvalue weighted by Gasteiger charge is 2.25. The largest absolute Gasteiger partial charge is 0.496 e. The number of quaternary nitrogens is 2. The number of carbonyl (C=O) groups is 1. The van der Waals surface area contributed by atoms with E-state index < -0.39 is 0 Å². The van der Waals surface area contributed by atoms with E-state index in [-0.39, 0.29) is 5.91 Å². The predicted octanol–water partition coefficient (Wildman–Crippen LogP) is 0.127. The van der Waals surface area contributed by atoms with Gasteiger partial charge in [-0.1, -0.05) is 29.8 Å². The van der Waals surface area contributed by atoms with Gasteiger partial charge in [-0.15, -0.1) is 0 Å². The molecule has 0 spiro atoms. The van der Waals surface area contributed by atoms with Crippen LogP contribution in [0.4, 0.5) is 0 Å². The number of hydrogen-bond acceptors (Lipinski definition) is 2. The molecule has 0 aliphatic carbocycles. The molecule has 1 fully saturated rings. The Morgan fingerprint density at radius 2 is 1.84 bits per heavy atom. The number of ether oxygens (including phenoxy) is 1. The molecule has 1 amide bonds. The maximum absolute atomic E-state index is 12.4. The third-order valence-corrected chi connectivity index (χ3v) is 6.34. The summed E-state index contributed by atoms with van der Waals surface area (Å²) in [5.41, 5.74) is 4.95. The zero-order chi connectivity index (χ0) is 21.6. The number of hydrogen-bond donors (Lipinski definition) is 4. The number of amides is 1. The molecule has 164 valence electrons. The lowest BCUT2D eigenvalue weighted by Gasteiger charge is -2.29. The molecule has 0 radical (unpaired) electrons. The van der Waals surface area contributed by atoms with Crippen LogP contribution in [0.25, 0.3) is 10.9 Å². The van der Waals surface area contributed by atoms with Crippen molar-refractivity contribution < 1.29 is 19.3 Å². The second kappa shape index (κ2) is 9.98. The smallest absolute Gasteiger partial charge is 0.275 e. The van der Waals surface area contributed by atoms with Crippen molar-refractivity contribution in [2.45, 2.75) is 19.9 Å². The van der Waals surface area contributed by atoms with Crippen LogP contribution in [-0.2, 0) is 17.8 Å². The summed E-state index contributed by atoms with van der Waals surface area (Å²) in [4.78, 5) is 18.7. The van der Waals surface area contributed by atoms with Crippen molar-refractivity contribution in [1.82, 2.24) is 10.3 Å². The van der Waals surface area contributed by atoms with E-state index in [4.69, 9.17) is 4.74 Å². The zero-order valence-electron chi connectivity index (χ0n) is 18.6. The molecule has 1 aliphatic rings. The number of carbonyl (C=O) groups excluding carboxylic acids is 1. The Balaban J connectivity index is 1.19. The molecule has 4 N–H and O–H groups in total. The Kier molecular flexibility index (Phi) is 6.89. The van der Waals surface area contributed by atoms with Crippen LogP contribution in [0, 0.1) is 6.92 Å². The normalized spacial score (nSPS) is 18.8. The van der Waals surface area contributed by atoms with Gasteiger partial charge in [-0.2, -0.15) is 0 Å². The van der Waals surface area contributed by atoms with Crippen LogP contribution in [0.2, 0.25) is 0 Å². The summed E-state index contributed by atoms with van der Waals surface area (Å²) in [6, 6.07) is 14.7. The van der Waals surface area contributed by atoms with E-state index in [1.807, 2.05) is 12.3 Å². The Labute approximate surface area is 184 Å². The minimum absolute atomic E-state index is 0.152. The van der Waals surface area contributed by atoms with Crippen LogP contribution < -0.4 is 19.9 Å². The molecule has 31 heavy (non-hydrogen) atoms. The molecule has 1 aromatic heterocycles. The number of aryl methyl sites for hydroxylation is 1. The molecule has 2 heterocycles. The first-order valence-electron chi connectivity index (χ1n) is 11.2. The lowest BCUT2D eigenvalue weighted by molar-refractivity contribution is -1.02. The average molecular weight is 423 g/mol. The van der Waals surface area contributed by atoms with Crippen molar-refractivity contribution in [2.24, 2.45) is 0 Å². The summed E-state index contributed by atoms with van der Waals surface area (Å²) >= 11 is 0. The third kappa shape index (κ3) is 5.46. The van der Waals surface area contributed by atoms with Gasteiger partial charge in [-0.05, 0) is 37.1 Å². The second-order valence-electron chi connectivity index (χ2n) is 8.63. The standard InChI is InChI=1S/C25H32N4O2/c1-19-7-8-24(31-2)21(15-19)17-28-11-13-29(14-12-28)18-25(30)26-10-9-20-16-27-23-6-4-3-5-22(20)23/h3-8,15-16,27H,9-14,17-18H2,1-2H3,(H,26,30)/p+2. The summed E-state index contributed by atoms with van der Waals surface area (Å²) in [5, 5.41) is 4.35. The van der Waals surface area contributed by atoms with Gasteiger partial charge in [0.1, 0.15) is 38.5 Å². The summed E-state index contributed by atoms with van der Waals surface area (Å²) in [5.74, 6) is 1.13. The molecule has 1 saturated heterocycles. The number of methoxy groups -OCH3 is 1. The fourth-order valence-electron chi connectivity index (χ4n) is 4.59. The van der Waals surface area contributed by atoms with Crippen molar-refractivity contribution >= 4 is 16.8 Å². The molecule has 1 aliphatic heterocycles. The number of aromatic nitrogens is 1. The van der Waals surface area contributed by atoms with Crippen LogP contribution in [0.1, 0.15) is 16.7 Å². The first-order chi connectivity index (χ1) is 15.1. The van der Waals surface area contributed by atoms with Crippen LogP contribution in [0.15, 0.2) is 48.7 Å². The number of nitrogens with one attached hydrogen (secondary N) is 4. The Bertz CT molecular complexity index is 1020. The average Bonchev–Trinajstić information content (AvgIpc) is 3.18. The van der Waals surface area contributed by atoms with Crippen LogP contribution in [0.3, 0.4) is 0 Å². The van der Waals surface area contributed by atoms with Crippen LogP contribution >= 0.6 is 0 Å². The molecule has 0 bridgehead atoms. The fraction of sp³-hybridized carbons (Fsp3) is 0.400. The molecular formula is C25H34N4O2+2. The van der Waals surface area contributed by atoms with Crippen molar-refractivity contribution in [3.05, 3.63) is 65.4 Å². The minimum atomic E-state index is 0.152. The molecule has 0 saturated carbocycles. The molecule has 6 heteroatoms. The number of para-hydroxylation sites is 1. The van der Waals surface area contributed by atoms with Crippen molar-refractivity contribution in [1.29, 1.82) is 0 Å². The summed E-state index contributed by atoms with van der Waals surface area (Å²) in [6.45, 7) is 8.56. The molecule has 6 nitrogen and oxygen atoms in total. The van der Waals surface area contributed by atoms with Gasteiger partial charge in [0, 0.05) is 29.2 Å². The van der Waals surface area contributed by atoms with E-state index >= 15 is 0 Å². The van der Waals surface area contributed by atoms with E-state index in [1.54, 1.807) is 12.0 Å². The number of rotatable bonds is 8. The summed E-state index contributed by atoms with van der Waals surface area (Å²) in [6.07, 6.45) is 2.90. The minimum Gasteiger partial charge on any atom is -0.496 e. The molecule has 3 aromatic rings. The van der Waals surface area contributed by atoms with Gasteiger partial charge in [0.25, 0.3) is 5.91 Å². The van der Waals surface area contributed by atoms with Gasteiger partial charge in [0.05, 0.1) is 7.11 Å². The van der Waals surface area contributed by atoms with E-state index in [2.05, 4.69) is 53.6 Å². The van der Waals surface area contributed by atoms with E-state index in [0.29, 0.717) is 13.1 Å². The second-order valence-corrected chi connectivity index (χ2v) is 8.63. The first kappa shape index (κ1) is 21.4. The van der Waals surface area contributed by atoms with Gasteiger partial charge in [-0.3, -0.25) is 4.79 Å². The number of H-pyrrole nitrogens is 1. The van der Waals surface area contributed by atoms with E-state index in [9.17, 15) is 4.79 Å². The number of fused-ring (bicyclic) bond motifs is 1. The van der Waals surface area contributed by atoms with Crippen LogP contribution in [0.5, 0.6) is 5.75 Å². The van der Waals surface area contributed by atoms with Gasteiger partial charge < -0.3 is 24.8 Å². The Morgan fingerprint density at radius 1 is 1.06 bits per heavy atom. The van der Waals surface area contributed by atoms with Gasteiger partial charge >= 0.3 is 0 Å². The number of aromatic amines is 1. The summed E-state index contributed by atoms with van der Waals surface area (Å²) < 4.78 is 5.53. The van der Waals surface area contributed by atoms with E-state index in [0.717, 1.165) is 50.4 Å². The van der Waals surface area contributed by atoms with Crippen LogP contribution in [-0.4, -0.2) is 57.3 Å². The molecule has 4 rings (SSSR count). The third-order valence-electron chi connectivity index (χ3n) is 6.34. The van der Waals surface area contributed by atoms with Crippen molar-refractivity contribution in [2.75, 3.05) is 46.4 Å². The van der Waals surface area contributed by atoms with Gasteiger partial charge in [-0.25, -0.2) is 0 Å². The van der Waals surface area contributed by atoms with Crippen molar-refractivity contribution in [3.63, 3.8) is 0 Å². The molecular weight excluding hydrogens is 388 g/mol. The lowest BCUT2D eigenvalue weighted by Crippen LogP contribution is -3.28. The fourth-order valence-corrected chi connectivity index (χ4v) is 4.59. The highest BCUT2D eigenvalue weighted by Crippen LogP contribution is 2.19. The van der Waals surface area contributed by atoms with E-state index in [1.165, 1.54) is 27.0 Å². The Morgan fingerprint density at radius 3 is 2.65 bits per heavy atom. The maximum Gasteiger partial charge on any atom is 0.275 e.